The topological polar surface area (TPSA) is 59.4 Å². The van der Waals surface area contributed by atoms with Crippen LogP contribution < -0.4 is 10.1 Å². The van der Waals surface area contributed by atoms with Crippen molar-refractivity contribution in [2.75, 3.05) is 27.7 Å². The average molecular weight is 449 g/mol. The zero-order valence-electron chi connectivity index (χ0n) is 18.8. The summed E-state index contributed by atoms with van der Waals surface area (Å²) in [6, 6.07) is 20.2. The number of methoxy groups -OCH3 is 1. The van der Waals surface area contributed by atoms with E-state index in [-0.39, 0.29) is 11.9 Å². The minimum absolute atomic E-state index is 0.0581. The number of benzene rings is 2. The number of aromatic nitrogens is 2. The van der Waals surface area contributed by atoms with Gasteiger partial charge in [0.25, 0.3) is 5.91 Å². The summed E-state index contributed by atoms with van der Waals surface area (Å²) in [6.07, 6.45) is 0. The molecule has 0 aliphatic rings. The monoisotopic (exact) mass is 448 g/mol. The van der Waals surface area contributed by atoms with Gasteiger partial charge in [-0.15, -0.1) is 11.3 Å². The van der Waals surface area contributed by atoms with Gasteiger partial charge in [-0.05, 0) is 50.3 Å². The van der Waals surface area contributed by atoms with Gasteiger partial charge in [-0.25, -0.2) is 0 Å². The van der Waals surface area contributed by atoms with Crippen molar-refractivity contribution < 1.29 is 9.53 Å². The van der Waals surface area contributed by atoms with E-state index in [0.717, 1.165) is 27.2 Å². The van der Waals surface area contributed by atoms with E-state index in [1.54, 1.807) is 7.11 Å². The minimum atomic E-state index is -0.0581. The smallest absolute Gasteiger partial charge is 0.261 e. The molecule has 0 saturated carbocycles. The molecule has 0 aliphatic heterocycles. The van der Waals surface area contributed by atoms with Crippen molar-refractivity contribution in [2.45, 2.75) is 19.5 Å². The zero-order valence-corrected chi connectivity index (χ0v) is 19.6. The van der Waals surface area contributed by atoms with Crippen LogP contribution in [0.1, 0.15) is 32.5 Å². The number of nitrogens with one attached hydrogen (secondary N) is 1. The maximum absolute atomic E-state index is 13.0. The lowest BCUT2D eigenvalue weighted by Gasteiger charge is -2.25. The molecule has 0 bridgehead atoms. The normalized spacial score (nSPS) is 12.3. The van der Waals surface area contributed by atoms with Gasteiger partial charge in [0.2, 0.25) is 0 Å². The summed E-state index contributed by atoms with van der Waals surface area (Å²) in [4.78, 5) is 16.8. The van der Waals surface area contributed by atoms with Crippen LogP contribution in [0.25, 0.3) is 10.2 Å². The van der Waals surface area contributed by atoms with E-state index in [9.17, 15) is 4.79 Å². The van der Waals surface area contributed by atoms with Crippen molar-refractivity contribution in [1.29, 1.82) is 0 Å². The Morgan fingerprint density at radius 2 is 1.88 bits per heavy atom. The highest BCUT2D eigenvalue weighted by Gasteiger charge is 2.19. The largest absolute Gasteiger partial charge is 0.497 e. The number of carbonyl (C=O) groups excluding carboxylic acids is 1. The fourth-order valence-corrected chi connectivity index (χ4v) is 4.87. The van der Waals surface area contributed by atoms with E-state index in [1.807, 2.05) is 74.2 Å². The zero-order chi connectivity index (χ0) is 22.7. The molecule has 32 heavy (non-hydrogen) atoms. The number of rotatable bonds is 8. The van der Waals surface area contributed by atoms with Crippen LogP contribution in [0.15, 0.2) is 60.7 Å². The van der Waals surface area contributed by atoms with Crippen LogP contribution in [0.4, 0.5) is 0 Å². The molecule has 2 aromatic carbocycles. The maximum atomic E-state index is 13.0. The third-order valence-electron chi connectivity index (χ3n) is 5.59. The summed E-state index contributed by atoms with van der Waals surface area (Å²) in [7, 11) is 5.69. The highest BCUT2D eigenvalue weighted by atomic mass is 32.1. The quantitative estimate of drug-likeness (QED) is 0.431. The van der Waals surface area contributed by atoms with Gasteiger partial charge < -0.3 is 15.0 Å². The van der Waals surface area contributed by atoms with Gasteiger partial charge in [0.05, 0.1) is 30.3 Å². The Morgan fingerprint density at radius 3 is 2.53 bits per heavy atom. The number of thiophene rings is 1. The van der Waals surface area contributed by atoms with Crippen LogP contribution in [-0.4, -0.2) is 48.3 Å². The molecule has 7 heteroatoms. The van der Waals surface area contributed by atoms with Gasteiger partial charge in [0.1, 0.15) is 10.6 Å². The van der Waals surface area contributed by atoms with Crippen LogP contribution in [0, 0.1) is 6.92 Å². The van der Waals surface area contributed by atoms with E-state index in [0.29, 0.717) is 18.0 Å². The Bertz CT molecular complexity index is 1200. The Hall–Kier alpha value is -3.16. The van der Waals surface area contributed by atoms with Crippen LogP contribution in [0.3, 0.4) is 0 Å². The SMILES string of the molecule is COc1ccc(C(CNC(=O)c2cc3c(C)nn(Cc4ccccc4)c3s2)N(C)C)cc1. The highest BCUT2D eigenvalue weighted by molar-refractivity contribution is 7.20. The third-order valence-corrected chi connectivity index (χ3v) is 6.73. The van der Waals surface area contributed by atoms with Crippen molar-refractivity contribution in [1.82, 2.24) is 20.0 Å². The second-order valence-corrected chi connectivity index (χ2v) is 9.05. The molecule has 0 aliphatic carbocycles. The highest BCUT2D eigenvalue weighted by Crippen LogP contribution is 2.29. The van der Waals surface area contributed by atoms with Crippen LogP contribution in [-0.2, 0) is 6.54 Å². The first-order valence-corrected chi connectivity index (χ1v) is 11.4. The summed E-state index contributed by atoms with van der Waals surface area (Å²) in [6.45, 7) is 3.19. The molecule has 0 spiro atoms. The Morgan fingerprint density at radius 1 is 1.16 bits per heavy atom. The number of ether oxygens (including phenoxy) is 1. The van der Waals surface area contributed by atoms with Crippen LogP contribution in [0.2, 0.25) is 0 Å². The Balaban J connectivity index is 1.49. The molecule has 1 unspecified atom stereocenters. The Kier molecular flexibility index (Phi) is 6.58. The van der Waals surface area contributed by atoms with Crippen molar-refractivity contribution in [3.8, 4) is 5.75 Å². The lowest BCUT2D eigenvalue weighted by molar-refractivity contribution is 0.0946. The fourth-order valence-electron chi connectivity index (χ4n) is 3.79. The second kappa shape index (κ2) is 9.54. The lowest BCUT2D eigenvalue weighted by Crippen LogP contribution is -2.34. The molecule has 2 aromatic heterocycles. The van der Waals surface area contributed by atoms with Gasteiger partial charge in [-0.1, -0.05) is 42.5 Å². The van der Waals surface area contributed by atoms with Gasteiger partial charge in [-0.3, -0.25) is 9.48 Å². The van der Waals surface area contributed by atoms with Crippen LogP contribution in [0.5, 0.6) is 5.75 Å². The number of aryl methyl sites for hydroxylation is 1. The second-order valence-electron chi connectivity index (χ2n) is 8.02. The minimum Gasteiger partial charge on any atom is -0.497 e. The van der Waals surface area contributed by atoms with Crippen molar-refractivity contribution in [3.63, 3.8) is 0 Å². The summed E-state index contributed by atoms with van der Waals surface area (Å²) in [5, 5.41) is 8.83. The summed E-state index contributed by atoms with van der Waals surface area (Å²) in [5.74, 6) is 0.762. The van der Waals surface area contributed by atoms with Gasteiger partial charge in [0.15, 0.2) is 0 Å². The fraction of sp³-hybridized carbons (Fsp3) is 0.280. The van der Waals surface area contributed by atoms with Crippen molar-refractivity contribution in [2.24, 2.45) is 0 Å². The molecular weight excluding hydrogens is 420 g/mol. The molecule has 6 nitrogen and oxygen atoms in total. The summed E-state index contributed by atoms with van der Waals surface area (Å²) < 4.78 is 7.24. The van der Waals surface area contributed by atoms with Gasteiger partial charge in [-0.2, -0.15) is 5.10 Å². The lowest BCUT2D eigenvalue weighted by atomic mass is 10.1. The number of likely N-dealkylation sites (N-methyl/N-ethyl adjacent to an activating group) is 1. The first-order valence-electron chi connectivity index (χ1n) is 10.6. The van der Waals surface area contributed by atoms with E-state index in [4.69, 9.17) is 4.74 Å². The maximum Gasteiger partial charge on any atom is 0.261 e. The first-order chi connectivity index (χ1) is 15.5. The third kappa shape index (κ3) is 4.69. The number of fused-ring (bicyclic) bond motifs is 1. The molecular formula is C25H28N4O2S. The van der Waals surface area contributed by atoms with E-state index >= 15 is 0 Å². The standard InChI is InChI=1S/C25H28N4O2S/c1-17-21-14-23(32-25(21)29(27-17)16-18-8-6-5-7-9-18)24(30)26-15-22(28(2)3)19-10-12-20(31-4)13-11-19/h5-14,22H,15-16H2,1-4H3,(H,26,30). The molecule has 1 N–H and O–H groups in total. The van der Waals surface area contributed by atoms with Crippen molar-refractivity contribution >= 4 is 27.5 Å². The molecule has 2 heterocycles. The van der Waals surface area contributed by atoms with E-state index < -0.39 is 0 Å². The Labute approximate surface area is 192 Å². The first kappa shape index (κ1) is 22.0. The molecule has 4 rings (SSSR count). The predicted octanol–water partition coefficient (Wildman–Crippen LogP) is 4.50. The molecule has 1 amide bonds. The summed E-state index contributed by atoms with van der Waals surface area (Å²) in [5.41, 5.74) is 3.25. The van der Waals surface area contributed by atoms with Gasteiger partial charge in [0, 0.05) is 11.9 Å². The van der Waals surface area contributed by atoms with E-state index in [2.05, 4.69) is 27.4 Å². The molecule has 166 valence electrons. The summed E-state index contributed by atoms with van der Waals surface area (Å²) >= 11 is 1.49. The number of hydrogen-bond donors (Lipinski definition) is 1. The average Bonchev–Trinajstić information content (AvgIpc) is 3.36. The number of nitrogens with zero attached hydrogens (tertiary/aromatic N) is 3. The van der Waals surface area contributed by atoms with Crippen LogP contribution >= 0.6 is 11.3 Å². The number of carbonyl (C=O) groups is 1. The number of hydrogen-bond acceptors (Lipinski definition) is 5. The van der Waals surface area contributed by atoms with Gasteiger partial charge >= 0.3 is 0 Å². The molecule has 0 saturated heterocycles. The van der Waals surface area contributed by atoms with E-state index in [1.165, 1.54) is 16.9 Å². The predicted molar refractivity (Wildman–Crippen MR) is 130 cm³/mol. The molecule has 4 aromatic rings. The molecule has 0 fully saturated rings. The molecule has 1 atom stereocenters. The molecule has 0 radical (unpaired) electrons. The van der Waals surface area contributed by atoms with Crippen molar-refractivity contribution in [3.05, 3.63) is 82.4 Å². The number of amides is 1.